The number of imide groups is 1. The molecule has 2 aromatic rings. The first-order valence-electron chi connectivity index (χ1n) is 9.52. The van der Waals surface area contributed by atoms with Gasteiger partial charge in [-0.25, -0.2) is 4.79 Å². The standard InChI is InChI=1S/C20H19N3O8/c1-10(25)30-9-15-14(23-18(27)12-4-2-3-5-13(12)19(23)28)6-16(31-15)22-7-11(8-24)17(26)21-20(22)29/h2-5,7,14-16,24H,6,8-9H2,1H3,(H,21,26,29)/t14-,15+,16+/m0/s1. The molecule has 162 valence electrons. The molecule has 2 aliphatic heterocycles. The minimum atomic E-state index is -0.968. The van der Waals surface area contributed by atoms with Crippen molar-refractivity contribution in [1.82, 2.24) is 14.5 Å². The van der Waals surface area contributed by atoms with Crippen LogP contribution in [0.1, 0.15) is 45.9 Å². The van der Waals surface area contributed by atoms with Crippen molar-refractivity contribution >= 4 is 17.8 Å². The monoisotopic (exact) mass is 429 g/mol. The second-order valence-corrected chi connectivity index (χ2v) is 7.24. The third kappa shape index (κ3) is 3.57. The van der Waals surface area contributed by atoms with Crippen molar-refractivity contribution in [3.63, 3.8) is 0 Å². The van der Waals surface area contributed by atoms with Gasteiger partial charge in [0.15, 0.2) is 0 Å². The molecule has 11 nitrogen and oxygen atoms in total. The van der Waals surface area contributed by atoms with Gasteiger partial charge in [0.25, 0.3) is 17.4 Å². The van der Waals surface area contributed by atoms with Crippen LogP contribution in [-0.4, -0.2) is 56.1 Å². The van der Waals surface area contributed by atoms with Crippen LogP contribution in [0.5, 0.6) is 0 Å². The molecule has 1 saturated heterocycles. The average Bonchev–Trinajstić information content (AvgIpc) is 3.25. The molecule has 2 N–H and O–H groups in total. The second-order valence-electron chi connectivity index (χ2n) is 7.24. The van der Waals surface area contributed by atoms with Crippen molar-refractivity contribution in [2.24, 2.45) is 0 Å². The molecule has 3 heterocycles. The summed E-state index contributed by atoms with van der Waals surface area (Å²) in [6, 6.07) is 5.56. The van der Waals surface area contributed by atoms with E-state index in [1.807, 2.05) is 0 Å². The molecule has 0 aliphatic carbocycles. The van der Waals surface area contributed by atoms with Gasteiger partial charge in [-0.1, -0.05) is 12.1 Å². The lowest BCUT2D eigenvalue weighted by molar-refractivity contribution is -0.146. The number of benzene rings is 1. The Morgan fingerprint density at radius 1 is 1.19 bits per heavy atom. The second kappa shape index (κ2) is 7.93. The molecule has 31 heavy (non-hydrogen) atoms. The average molecular weight is 429 g/mol. The van der Waals surface area contributed by atoms with Crippen molar-refractivity contribution in [1.29, 1.82) is 0 Å². The van der Waals surface area contributed by atoms with E-state index in [0.717, 1.165) is 9.47 Å². The maximum atomic E-state index is 12.9. The van der Waals surface area contributed by atoms with E-state index in [2.05, 4.69) is 4.98 Å². The van der Waals surface area contributed by atoms with Crippen LogP contribution in [-0.2, 0) is 20.9 Å². The number of ether oxygens (including phenoxy) is 2. The van der Waals surface area contributed by atoms with Crippen LogP contribution >= 0.6 is 0 Å². The van der Waals surface area contributed by atoms with Crippen LogP contribution in [0.2, 0.25) is 0 Å². The van der Waals surface area contributed by atoms with Crippen LogP contribution in [0.4, 0.5) is 0 Å². The first kappa shape index (κ1) is 20.7. The molecule has 11 heteroatoms. The zero-order chi connectivity index (χ0) is 22.3. The van der Waals surface area contributed by atoms with Gasteiger partial charge in [0.1, 0.15) is 18.9 Å². The van der Waals surface area contributed by atoms with Crippen molar-refractivity contribution in [3.8, 4) is 0 Å². The van der Waals surface area contributed by atoms with E-state index in [9.17, 15) is 29.1 Å². The molecule has 2 amide bonds. The summed E-state index contributed by atoms with van der Waals surface area (Å²) in [5.41, 5.74) is -1.04. The number of aliphatic hydroxyl groups is 1. The van der Waals surface area contributed by atoms with Crippen molar-refractivity contribution in [2.75, 3.05) is 6.61 Å². The Morgan fingerprint density at radius 3 is 2.42 bits per heavy atom. The quantitative estimate of drug-likeness (QED) is 0.479. The maximum absolute atomic E-state index is 12.9. The molecule has 1 fully saturated rings. The SMILES string of the molecule is CC(=O)OC[C@H]1O[C@@H](n2cc(CO)c(=O)[nH]c2=O)C[C@@H]1N1C(=O)c2ccccc2C1=O. The smallest absolute Gasteiger partial charge is 0.330 e. The Balaban J connectivity index is 1.69. The van der Waals surface area contributed by atoms with Gasteiger partial charge in [-0.15, -0.1) is 0 Å². The number of amides is 2. The van der Waals surface area contributed by atoms with E-state index in [-0.39, 0.29) is 29.7 Å². The molecule has 2 aliphatic rings. The number of rotatable bonds is 5. The minimum Gasteiger partial charge on any atom is -0.463 e. The highest BCUT2D eigenvalue weighted by Gasteiger charge is 2.48. The third-order valence-electron chi connectivity index (χ3n) is 5.33. The molecular weight excluding hydrogens is 410 g/mol. The highest BCUT2D eigenvalue weighted by molar-refractivity contribution is 6.21. The summed E-state index contributed by atoms with van der Waals surface area (Å²) in [4.78, 5) is 64.4. The van der Waals surface area contributed by atoms with E-state index < -0.39 is 54.0 Å². The number of aromatic amines is 1. The van der Waals surface area contributed by atoms with Crippen LogP contribution < -0.4 is 11.2 Å². The Kier molecular flexibility index (Phi) is 5.29. The molecule has 1 aromatic heterocycles. The van der Waals surface area contributed by atoms with Gasteiger partial charge in [0.05, 0.1) is 29.3 Å². The van der Waals surface area contributed by atoms with Gasteiger partial charge in [-0.2, -0.15) is 0 Å². The zero-order valence-corrected chi connectivity index (χ0v) is 16.4. The number of nitrogens with one attached hydrogen (secondary N) is 1. The molecule has 1 aromatic carbocycles. The zero-order valence-electron chi connectivity index (χ0n) is 16.4. The van der Waals surface area contributed by atoms with Crippen molar-refractivity contribution < 1.29 is 29.0 Å². The molecule has 4 rings (SSSR count). The number of esters is 1. The van der Waals surface area contributed by atoms with Crippen LogP contribution in [0.25, 0.3) is 0 Å². The maximum Gasteiger partial charge on any atom is 0.330 e. The van der Waals surface area contributed by atoms with Gasteiger partial charge >= 0.3 is 11.7 Å². The number of carbonyl (C=O) groups excluding carboxylic acids is 3. The van der Waals surface area contributed by atoms with Crippen molar-refractivity contribution in [3.05, 3.63) is 68.0 Å². The summed E-state index contributed by atoms with van der Waals surface area (Å²) in [5, 5.41) is 9.34. The van der Waals surface area contributed by atoms with Gasteiger partial charge in [0.2, 0.25) is 0 Å². The number of hydrogen-bond acceptors (Lipinski definition) is 8. The summed E-state index contributed by atoms with van der Waals surface area (Å²) >= 11 is 0. The van der Waals surface area contributed by atoms with Crippen LogP contribution in [0.3, 0.4) is 0 Å². The van der Waals surface area contributed by atoms with Crippen molar-refractivity contribution in [2.45, 2.75) is 38.3 Å². The van der Waals surface area contributed by atoms with E-state index in [1.165, 1.54) is 13.1 Å². The number of nitrogens with zero attached hydrogens (tertiary/aromatic N) is 2. The number of aromatic nitrogens is 2. The highest BCUT2D eigenvalue weighted by Crippen LogP contribution is 2.36. The fourth-order valence-corrected chi connectivity index (χ4v) is 3.87. The Labute approximate surface area is 174 Å². The molecule has 3 atom stereocenters. The Morgan fingerprint density at radius 2 is 1.84 bits per heavy atom. The number of fused-ring (bicyclic) bond motifs is 1. The number of hydrogen-bond donors (Lipinski definition) is 2. The van der Waals surface area contributed by atoms with Gasteiger partial charge in [-0.05, 0) is 12.1 Å². The van der Waals surface area contributed by atoms with Crippen LogP contribution in [0, 0.1) is 0 Å². The van der Waals surface area contributed by atoms with E-state index in [4.69, 9.17) is 9.47 Å². The summed E-state index contributed by atoms with van der Waals surface area (Å²) in [7, 11) is 0. The lowest BCUT2D eigenvalue weighted by Gasteiger charge is -2.25. The molecule has 0 bridgehead atoms. The summed E-state index contributed by atoms with van der Waals surface area (Å²) in [6.45, 7) is 0.374. The van der Waals surface area contributed by atoms with E-state index >= 15 is 0 Å². The molecule has 0 unspecified atom stereocenters. The summed E-state index contributed by atoms with van der Waals surface area (Å²) in [6.07, 6.45) is -0.676. The van der Waals surface area contributed by atoms with Gasteiger partial charge < -0.3 is 14.6 Å². The minimum absolute atomic E-state index is 0.0220. The fraction of sp³-hybridized carbons (Fsp3) is 0.350. The van der Waals surface area contributed by atoms with E-state index in [0.29, 0.717) is 0 Å². The Hall–Kier alpha value is -3.57. The number of H-pyrrole nitrogens is 1. The topological polar surface area (TPSA) is 148 Å². The number of carbonyl (C=O) groups is 3. The summed E-state index contributed by atoms with van der Waals surface area (Å²) in [5.74, 6) is -1.59. The Bertz CT molecular complexity index is 1150. The first-order chi connectivity index (χ1) is 14.8. The predicted molar refractivity (Wildman–Crippen MR) is 103 cm³/mol. The summed E-state index contributed by atoms with van der Waals surface area (Å²) < 4.78 is 12.0. The molecule has 0 saturated carbocycles. The van der Waals surface area contributed by atoms with Gasteiger partial charge in [0, 0.05) is 19.5 Å². The van der Waals surface area contributed by atoms with Gasteiger partial charge in [-0.3, -0.25) is 33.6 Å². The van der Waals surface area contributed by atoms with Crippen LogP contribution in [0.15, 0.2) is 40.1 Å². The predicted octanol–water partition coefficient (Wildman–Crippen LogP) is -0.456. The first-order valence-corrected chi connectivity index (χ1v) is 9.52. The normalized spacial score (nSPS) is 22.6. The molecule has 0 spiro atoms. The highest BCUT2D eigenvalue weighted by atomic mass is 16.6. The molecular formula is C20H19N3O8. The third-order valence-corrected chi connectivity index (χ3v) is 5.33. The lowest BCUT2D eigenvalue weighted by Crippen LogP contribution is -2.46. The molecule has 0 radical (unpaired) electrons. The number of aliphatic hydroxyl groups excluding tert-OH is 1. The van der Waals surface area contributed by atoms with E-state index in [1.54, 1.807) is 24.3 Å². The lowest BCUT2D eigenvalue weighted by atomic mass is 10.1. The fourth-order valence-electron chi connectivity index (χ4n) is 3.87. The largest absolute Gasteiger partial charge is 0.463 e.